The Morgan fingerprint density at radius 2 is 2.18 bits per heavy atom. The van der Waals surface area contributed by atoms with Gasteiger partial charge in [-0.25, -0.2) is 9.37 Å². The largest absolute Gasteiger partial charge is 0.384 e. The van der Waals surface area contributed by atoms with Crippen LogP contribution in [0.25, 0.3) is 0 Å². The molecule has 0 unspecified atom stereocenters. The van der Waals surface area contributed by atoms with Gasteiger partial charge in [-0.3, -0.25) is 0 Å². The van der Waals surface area contributed by atoms with Gasteiger partial charge < -0.3 is 10.6 Å². The molecular formula is C12H11FN4. The fourth-order valence-corrected chi connectivity index (χ4v) is 2.05. The van der Waals surface area contributed by atoms with Crippen LogP contribution in [0.1, 0.15) is 5.56 Å². The molecule has 0 bridgehead atoms. The van der Waals surface area contributed by atoms with Gasteiger partial charge in [0.1, 0.15) is 11.6 Å². The zero-order valence-corrected chi connectivity index (χ0v) is 9.10. The van der Waals surface area contributed by atoms with Crippen LogP contribution in [-0.4, -0.2) is 16.5 Å². The highest BCUT2D eigenvalue weighted by Crippen LogP contribution is 2.33. The van der Waals surface area contributed by atoms with Gasteiger partial charge in [-0.2, -0.15) is 4.98 Å². The first-order valence-electron chi connectivity index (χ1n) is 5.38. The molecule has 0 spiro atoms. The van der Waals surface area contributed by atoms with E-state index in [0.717, 1.165) is 24.2 Å². The van der Waals surface area contributed by atoms with Crippen molar-refractivity contribution >= 4 is 17.5 Å². The first-order valence-corrected chi connectivity index (χ1v) is 5.38. The zero-order chi connectivity index (χ0) is 11.8. The number of benzene rings is 1. The lowest BCUT2D eigenvalue weighted by molar-refractivity contribution is 0.628. The topological polar surface area (TPSA) is 55.0 Å². The minimum Gasteiger partial charge on any atom is -0.384 e. The number of nitrogens with zero attached hydrogens (tertiary/aromatic N) is 3. The van der Waals surface area contributed by atoms with E-state index in [0.29, 0.717) is 11.8 Å². The number of hydrogen-bond donors (Lipinski definition) is 1. The number of aromatic nitrogens is 2. The molecule has 5 heteroatoms. The van der Waals surface area contributed by atoms with Crippen molar-refractivity contribution in [3.8, 4) is 0 Å². The van der Waals surface area contributed by atoms with Crippen LogP contribution < -0.4 is 10.6 Å². The summed E-state index contributed by atoms with van der Waals surface area (Å²) < 4.78 is 13.2. The summed E-state index contributed by atoms with van der Waals surface area (Å²) in [5.74, 6) is 0.689. The Bertz CT molecular complexity index is 570. The van der Waals surface area contributed by atoms with Crippen molar-refractivity contribution in [2.45, 2.75) is 6.42 Å². The van der Waals surface area contributed by atoms with Gasteiger partial charge in [0.15, 0.2) is 0 Å². The molecule has 1 aromatic heterocycles. The lowest BCUT2D eigenvalue weighted by Crippen LogP contribution is -2.16. The lowest BCUT2D eigenvalue weighted by Gasteiger charge is -2.16. The Kier molecular flexibility index (Phi) is 2.18. The Morgan fingerprint density at radius 1 is 1.29 bits per heavy atom. The Balaban J connectivity index is 2.06. The average Bonchev–Trinajstić information content (AvgIpc) is 2.71. The molecule has 0 atom stereocenters. The third kappa shape index (κ3) is 1.69. The second-order valence-corrected chi connectivity index (χ2v) is 3.96. The van der Waals surface area contributed by atoms with E-state index < -0.39 is 0 Å². The fourth-order valence-electron chi connectivity index (χ4n) is 2.05. The van der Waals surface area contributed by atoms with Crippen molar-refractivity contribution in [2.24, 2.45) is 0 Å². The number of fused-ring (bicyclic) bond motifs is 1. The van der Waals surface area contributed by atoms with Crippen molar-refractivity contribution in [3.63, 3.8) is 0 Å². The van der Waals surface area contributed by atoms with E-state index in [1.165, 1.54) is 12.1 Å². The molecule has 0 fully saturated rings. The Morgan fingerprint density at radius 3 is 3.00 bits per heavy atom. The van der Waals surface area contributed by atoms with Gasteiger partial charge in [0.05, 0.1) is 5.69 Å². The predicted octanol–water partition coefficient (Wildman–Crippen LogP) is 1.89. The zero-order valence-electron chi connectivity index (χ0n) is 9.10. The lowest BCUT2D eigenvalue weighted by atomic mass is 10.2. The molecule has 0 saturated carbocycles. The number of rotatable bonds is 1. The second-order valence-electron chi connectivity index (χ2n) is 3.96. The molecule has 86 valence electrons. The highest BCUT2D eigenvalue weighted by Gasteiger charge is 2.22. The van der Waals surface area contributed by atoms with Crippen molar-refractivity contribution in [3.05, 3.63) is 41.8 Å². The van der Waals surface area contributed by atoms with E-state index in [1.807, 2.05) is 4.90 Å². The van der Waals surface area contributed by atoms with E-state index in [9.17, 15) is 4.39 Å². The normalized spacial score (nSPS) is 13.8. The summed E-state index contributed by atoms with van der Waals surface area (Å²) in [7, 11) is 0. The molecule has 1 aromatic carbocycles. The molecule has 4 nitrogen and oxygen atoms in total. The van der Waals surface area contributed by atoms with Gasteiger partial charge in [-0.15, -0.1) is 0 Å². The standard InChI is InChI=1S/C12H11FN4/c13-9-2-1-8-4-6-17(10(8)7-9)12-15-5-3-11(14)16-12/h1-3,5,7H,4,6H2,(H2,14,15,16). The minimum atomic E-state index is -0.250. The SMILES string of the molecule is Nc1ccnc(N2CCc3ccc(F)cc32)n1. The van der Waals surface area contributed by atoms with Crippen LogP contribution in [0.4, 0.5) is 21.8 Å². The van der Waals surface area contributed by atoms with Crippen molar-refractivity contribution in [1.82, 2.24) is 9.97 Å². The van der Waals surface area contributed by atoms with Crippen LogP contribution in [0.2, 0.25) is 0 Å². The molecule has 0 aliphatic carbocycles. The second kappa shape index (κ2) is 3.69. The highest BCUT2D eigenvalue weighted by atomic mass is 19.1. The molecular weight excluding hydrogens is 219 g/mol. The number of hydrogen-bond acceptors (Lipinski definition) is 4. The van der Waals surface area contributed by atoms with E-state index in [1.54, 1.807) is 18.3 Å². The van der Waals surface area contributed by atoms with Crippen molar-refractivity contribution in [2.75, 3.05) is 17.2 Å². The van der Waals surface area contributed by atoms with Crippen LogP contribution >= 0.6 is 0 Å². The summed E-state index contributed by atoms with van der Waals surface area (Å²) in [6.07, 6.45) is 2.47. The maximum absolute atomic E-state index is 13.2. The van der Waals surface area contributed by atoms with Crippen LogP contribution in [-0.2, 0) is 6.42 Å². The fraction of sp³-hybridized carbons (Fsp3) is 0.167. The minimum absolute atomic E-state index is 0.250. The van der Waals surface area contributed by atoms with Gasteiger partial charge in [0, 0.05) is 12.7 Å². The molecule has 1 aliphatic rings. The van der Waals surface area contributed by atoms with Crippen molar-refractivity contribution in [1.29, 1.82) is 0 Å². The number of nitrogens with two attached hydrogens (primary N) is 1. The van der Waals surface area contributed by atoms with Crippen LogP contribution in [0.5, 0.6) is 0 Å². The smallest absolute Gasteiger partial charge is 0.231 e. The van der Waals surface area contributed by atoms with E-state index in [2.05, 4.69) is 9.97 Å². The molecule has 2 aromatic rings. The molecule has 0 amide bonds. The predicted molar refractivity (Wildman–Crippen MR) is 63.6 cm³/mol. The van der Waals surface area contributed by atoms with E-state index in [4.69, 9.17) is 5.73 Å². The molecule has 0 saturated heterocycles. The third-order valence-electron chi connectivity index (χ3n) is 2.85. The summed E-state index contributed by atoms with van der Waals surface area (Å²) >= 11 is 0. The summed E-state index contributed by atoms with van der Waals surface area (Å²) in [6, 6.07) is 6.42. The van der Waals surface area contributed by atoms with Crippen LogP contribution in [0, 0.1) is 5.82 Å². The molecule has 2 N–H and O–H groups in total. The highest BCUT2D eigenvalue weighted by molar-refractivity contribution is 5.66. The van der Waals surface area contributed by atoms with Crippen molar-refractivity contribution < 1.29 is 4.39 Å². The van der Waals surface area contributed by atoms with Crippen LogP contribution in [0.15, 0.2) is 30.5 Å². The molecule has 17 heavy (non-hydrogen) atoms. The molecule has 1 aliphatic heterocycles. The number of nitrogen functional groups attached to an aromatic ring is 1. The summed E-state index contributed by atoms with van der Waals surface area (Å²) in [6.45, 7) is 0.752. The quantitative estimate of drug-likeness (QED) is 0.812. The van der Waals surface area contributed by atoms with Gasteiger partial charge in [0.2, 0.25) is 5.95 Å². The molecule has 2 heterocycles. The summed E-state index contributed by atoms with van der Waals surface area (Å²) in [4.78, 5) is 10.2. The maximum atomic E-state index is 13.2. The van der Waals surface area contributed by atoms with Gasteiger partial charge in [0.25, 0.3) is 0 Å². The summed E-state index contributed by atoms with van der Waals surface area (Å²) in [5, 5.41) is 0. The molecule has 3 rings (SSSR count). The van der Waals surface area contributed by atoms with E-state index >= 15 is 0 Å². The Hall–Kier alpha value is -2.17. The monoisotopic (exact) mass is 230 g/mol. The first-order chi connectivity index (χ1) is 8.24. The number of halogens is 1. The average molecular weight is 230 g/mol. The van der Waals surface area contributed by atoms with Gasteiger partial charge in [-0.1, -0.05) is 6.07 Å². The maximum Gasteiger partial charge on any atom is 0.231 e. The summed E-state index contributed by atoms with van der Waals surface area (Å²) in [5.41, 5.74) is 7.56. The van der Waals surface area contributed by atoms with Crippen LogP contribution in [0.3, 0.4) is 0 Å². The molecule has 0 radical (unpaired) electrons. The van der Waals surface area contributed by atoms with E-state index in [-0.39, 0.29) is 5.82 Å². The van der Waals surface area contributed by atoms with Gasteiger partial charge in [-0.05, 0) is 30.2 Å². The van der Waals surface area contributed by atoms with Gasteiger partial charge >= 0.3 is 0 Å². The third-order valence-corrected chi connectivity index (χ3v) is 2.85. The number of anilines is 3. The first kappa shape index (κ1) is 10.0. The Labute approximate surface area is 97.9 Å².